The van der Waals surface area contributed by atoms with Gasteiger partial charge in [-0.05, 0) is 25.0 Å². The molecule has 2 aromatic carbocycles. The van der Waals surface area contributed by atoms with Crippen molar-refractivity contribution in [2.75, 3.05) is 13.2 Å². The fourth-order valence-electron chi connectivity index (χ4n) is 3.34. The van der Waals surface area contributed by atoms with Crippen LogP contribution in [0.15, 0.2) is 60.7 Å². The molecule has 1 N–H and O–H groups in total. The molecule has 0 aromatic heterocycles. The van der Waals surface area contributed by atoms with Crippen molar-refractivity contribution in [1.82, 2.24) is 4.90 Å². The van der Waals surface area contributed by atoms with E-state index >= 15 is 0 Å². The van der Waals surface area contributed by atoms with Gasteiger partial charge in [0, 0.05) is 19.6 Å². The first kappa shape index (κ1) is 18.1. The molecule has 0 spiro atoms. The monoisotopic (exact) mass is 341 g/mol. The van der Waals surface area contributed by atoms with E-state index in [2.05, 4.69) is 53.4 Å². The van der Waals surface area contributed by atoms with Gasteiger partial charge >= 0.3 is 0 Å². The number of ether oxygens (including phenoxy) is 2. The van der Waals surface area contributed by atoms with Crippen LogP contribution in [0.2, 0.25) is 0 Å². The Morgan fingerprint density at radius 1 is 0.840 bits per heavy atom. The third kappa shape index (κ3) is 5.13. The Balaban J connectivity index is 1.73. The summed E-state index contributed by atoms with van der Waals surface area (Å²) in [4.78, 5) is 2.35. The lowest BCUT2D eigenvalue weighted by molar-refractivity contribution is -0.150. The molecule has 1 aliphatic rings. The maximum atomic E-state index is 9.64. The van der Waals surface area contributed by atoms with Crippen LogP contribution < -0.4 is 0 Å². The summed E-state index contributed by atoms with van der Waals surface area (Å²) in [6, 6.07) is 20.8. The van der Waals surface area contributed by atoms with Crippen LogP contribution >= 0.6 is 0 Å². The van der Waals surface area contributed by atoms with Crippen LogP contribution in [0.1, 0.15) is 25.0 Å². The average Bonchev–Trinajstić information content (AvgIpc) is 2.90. The van der Waals surface area contributed by atoms with Crippen LogP contribution in [0, 0.1) is 0 Å². The number of hydrogen-bond donors (Lipinski definition) is 1. The molecule has 0 bridgehead atoms. The maximum Gasteiger partial charge on any atom is 0.163 e. The fourth-order valence-corrected chi connectivity index (χ4v) is 3.34. The molecule has 2 aromatic rings. The molecule has 4 heteroatoms. The van der Waals surface area contributed by atoms with Crippen molar-refractivity contribution in [3.8, 4) is 0 Å². The second-order valence-corrected chi connectivity index (χ2v) is 7.04. The Bertz CT molecular complexity index is 603. The van der Waals surface area contributed by atoms with E-state index in [1.807, 2.05) is 26.0 Å². The standard InChI is InChI=1S/C21H27NO3/c1-21(2)24-19(20(16-23)25-21)15-22(13-17-9-5-3-6-10-17)14-18-11-7-4-8-12-18/h3-12,19-20,23H,13-16H2,1-2H3. The minimum Gasteiger partial charge on any atom is -0.394 e. The molecule has 1 saturated heterocycles. The predicted octanol–water partition coefficient (Wildman–Crippen LogP) is 3.20. The van der Waals surface area contributed by atoms with E-state index in [4.69, 9.17) is 9.47 Å². The van der Waals surface area contributed by atoms with Crippen molar-refractivity contribution in [1.29, 1.82) is 0 Å². The summed E-state index contributed by atoms with van der Waals surface area (Å²) in [7, 11) is 0. The summed E-state index contributed by atoms with van der Waals surface area (Å²) < 4.78 is 11.8. The van der Waals surface area contributed by atoms with Crippen LogP contribution in [-0.4, -0.2) is 41.2 Å². The van der Waals surface area contributed by atoms with Crippen molar-refractivity contribution in [2.45, 2.75) is 44.9 Å². The van der Waals surface area contributed by atoms with Gasteiger partial charge in [-0.25, -0.2) is 0 Å². The number of rotatable bonds is 7. The van der Waals surface area contributed by atoms with Crippen LogP contribution in [-0.2, 0) is 22.6 Å². The molecule has 2 atom stereocenters. The molecule has 134 valence electrons. The van der Waals surface area contributed by atoms with E-state index in [0.717, 1.165) is 13.1 Å². The van der Waals surface area contributed by atoms with Crippen molar-refractivity contribution in [2.24, 2.45) is 0 Å². The molecule has 1 aliphatic heterocycles. The van der Waals surface area contributed by atoms with Gasteiger partial charge in [0.15, 0.2) is 5.79 Å². The summed E-state index contributed by atoms with van der Waals surface area (Å²) in [6.07, 6.45) is -0.434. The second kappa shape index (κ2) is 8.11. The van der Waals surface area contributed by atoms with Crippen LogP contribution in [0.25, 0.3) is 0 Å². The maximum absolute atomic E-state index is 9.64. The van der Waals surface area contributed by atoms with Gasteiger partial charge in [-0.15, -0.1) is 0 Å². The SMILES string of the molecule is CC1(C)OC(CO)C(CN(Cc2ccccc2)Cc2ccccc2)O1. The van der Waals surface area contributed by atoms with E-state index in [9.17, 15) is 5.11 Å². The number of nitrogens with zero attached hydrogens (tertiary/aromatic N) is 1. The Morgan fingerprint density at radius 3 is 1.80 bits per heavy atom. The van der Waals surface area contributed by atoms with Gasteiger partial charge in [0.05, 0.1) is 6.61 Å². The molecule has 0 saturated carbocycles. The number of benzene rings is 2. The fraction of sp³-hybridized carbons (Fsp3) is 0.429. The first-order valence-corrected chi connectivity index (χ1v) is 8.82. The molecular weight excluding hydrogens is 314 g/mol. The Hall–Kier alpha value is -1.72. The molecule has 1 heterocycles. The van der Waals surface area contributed by atoms with Gasteiger partial charge < -0.3 is 14.6 Å². The summed E-state index contributed by atoms with van der Waals surface area (Å²) >= 11 is 0. The smallest absolute Gasteiger partial charge is 0.163 e. The lowest BCUT2D eigenvalue weighted by atomic mass is 10.1. The zero-order chi connectivity index (χ0) is 17.7. The molecule has 0 amide bonds. The Kier molecular flexibility index (Phi) is 5.86. The highest BCUT2D eigenvalue weighted by molar-refractivity contribution is 5.17. The molecular formula is C21H27NO3. The summed E-state index contributed by atoms with van der Waals surface area (Å²) in [6.45, 7) is 6.13. The van der Waals surface area contributed by atoms with E-state index in [-0.39, 0.29) is 18.8 Å². The van der Waals surface area contributed by atoms with Crippen molar-refractivity contribution in [3.63, 3.8) is 0 Å². The number of hydrogen-bond acceptors (Lipinski definition) is 4. The third-order valence-electron chi connectivity index (χ3n) is 4.40. The van der Waals surface area contributed by atoms with Crippen molar-refractivity contribution >= 4 is 0 Å². The van der Waals surface area contributed by atoms with E-state index in [0.29, 0.717) is 6.54 Å². The zero-order valence-electron chi connectivity index (χ0n) is 15.0. The average molecular weight is 341 g/mol. The normalized spacial score (nSPS) is 22.4. The minimum absolute atomic E-state index is 0.0292. The summed E-state index contributed by atoms with van der Waals surface area (Å²) in [5.74, 6) is -0.650. The Labute approximate surface area is 150 Å². The molecule has 0 radical (unpaired) electrons. The Morgan fingerprint density at radius 2 is 1.32 bits per heavy atom. The molecule has 0 aliphatic carbocycles. The lowest BCUT2D eigenvalue weighted by Crippen LogP contribution is -2.38. The van der Waals surface area contributed by atoms with Crippen LogP contribution in [0.3, 0.4) is 0 Å². The minimum atomic E-state index is -0.650. The van der Waals surface area contributed by atoms with E-state index in [1.54, 1.807) is 0 Å². The predicted molar refractivity (Wildman–Crippen MR) is 97.9 cm³/mol. The van der Waals surface area contributed by atoms with Gasteiger partial charge in [-0.2, -0.15) is 0 Å². The molecule has 2 unspecified atom stereocenters. The largest absolute Gasteiger partial charge is 0.394 e. The molecule has 25 heavy (non-hydrogen) atoms. The highest BCUT2D eigenvalue weighted by Gasteiger charge is 2.41. The first-order chi connectivity index (χ1) is 12.1. The van der Waals surface area contributed by atoms with Crippen LogP contribution in [0.4, 0.5) is 0 Å². The van der Waals surface area contributed by atoms with Gasteiger partial charge in [-0.3, -0.25) is 4.90 Å². The first-order valence-electron chi connectivity index (χ1n) is 8.82. The molecule has 1 fully saturated rings. The summed E-state index contributed by atoms with van der Waals surface area (Å²) in [5, 5.41) is 9.64. The summed E-state index contributed by atoms with van der Waals surface area (Å²) in [5.41, 5.74) is 2.52. The quantitative estimate of drug-likeness (QED) is 0.840. The van der Waals surface area contributed by atoms with Gasteiger partial charge in [-0.1, -0.05) is 60.7 Å². The van der Waals surface area contributed by atoms with Crippen molar-refractivity contribution < 1.29 is 14.6 Å². The van der Waals surface area contributed by atoms with Crippen molar-refractivity contribution in [3.05, 3.63) is 71.8 Å². The highest BCUT2D eigenvalue weighted by Crippen LogP contribution is 2.29. The van der Waals surface area contributed by atoms with Crippen LogP contribution in [0.5, 0.6) is 0 Å². The second-order valence-electron chi connectivity index (χ2n) is 7.04. The van der Waals surface area contributed by atoms with Gasteiger partial charge in [0.1, 0.15) is 12.2 Å². The van der Waals surface area contributed by atoms with Gasteiger partial charge in [0.2, 0.25) is 0 Å². The molecule has 3 rings (SSSR count). The van der Waals surface area contributed by atoms with E-state index in [1.165, 1.54) is 11.1 Å². The zero-order valence-corrected chi connectivity index (χ0v) is 15.0. The number of aliphatic hydroxyl groups excluding tert-OH is 1. The lowest BCUT2D eigenvalue weighted by Gasteiger charge is -2.27. The van der Waals surface area contributed by atoms with E-state index < -0.39 is 5.79 Å². The topological polar surface area (TPSA) is 41.9 Å². The number of aliphatic hydroxyl groups is 1. The van der Waals surface area contributed by atoms with Gasteiger partial charge in [0.25, 0.3) is 0 Å². The highest BCUT2D eigenvalue weighted by atomic mass is 16.8. The molecule has 4 nitrogen and oxygen atoms in total. The third-order valence-corrected chi connectivity index (χ3v) is 4.40.